The number of aliphatic hydroxyl groups is 1. The maximum Gasteiger partial charge on any atom is 0.415 e. The summed E-state index contributed by atoms with van der Waals surface area (Å²) in [7, 11) is 1.49. The van der Waals surface area contributed by atoms with Gasteiger partial charge < -0.3 is 95.4 Å². The van der Waals surface area contributed by atoms with Crippen LogP contribution in [0, 0.1) is 18.8 Å². The fourth-order valence-electron chi connectivity index (χ4n) is 11.9. The molecule has 10 N–H and O–H groups in total. The van der Waals surface area contributed by atoms with E-state index in [0.29, 0.717) is 44.5 Å². The lowest BCUT2D eigenvalue weighted by molar-refractivity contribution is -0.137. The number of benzene rings is 4. The second-order valence-electron chi connectivity index (χ2n) is 25.9. The van der Waals surface area contributed by atoms with Gasteiger partial charge >= 0.3 is 30.4 Å². The van der Waals surface area contributed by atoms with Crippen LogP contribution in [0.5, 0.6) is 11.5 Å². The molecule has 4 aromatic carbocycles. The molecular weight excluding hydrogens is 1450 g/mol. The zero-order chi connectivity index (χ0) is 78.8. The molecule has 0 saturated heterocycles. The molecule has 3 atom stereocenters. The van der Waals surface area contributed by atoms with Crippen LogP contribution in [-0.4, -0.2) is 233 Å². The number of primary amides is 1. The smallest absolute Gasteiger partial charge is 0.415 e. The molecule has 3 aromatic heterocycles. The number of H-pyrrole nitrogens is 1. The van der Waals surface area contributed by atoms with Gasteiger partial charge in [0.15, 0.2) is 5.78 Å². The number of anilines is 3. The molecule has 11 amide bonds. The van der Waals surface area contributed by atoms with E-state index in [4.69, 9.17) is 50.5 Å². The van der Waals surface area contributed by atoms with Crippen molar-refractivity contribution >= 4 is 116 Å². The summed E-state index contributed by atoms with van der Waals surface area (Å²) in [5.41, 5.74) is 9.74. The minimum atomic E-state index is -1.05. The summed E-state index contributed by atoms with van der Waals surface area (Å²) in [4.78, 5) is 156. The van der Waals surface area contributed by atoms with Crippen LogP contribution in [0.4, 0.5) is 41.2 Å². The molecule has 2 aliphatic heterocycles. The van der Waals surface area contributed by atoms with Gasteiger partial charge in [0.2, 0.25) is 5.91 Å². The molecule has 0 saturated carbocycles. The van der Waals surface area contributed by atoms with E-state index in [0.717, 1.165) is 21.4 Å². The Morgan fingerprint density at radius 1 is 0.791 bits per heavy atom. The normalized spacial score (nSPS) is 13.6. The molecule has 5 heterocycles. The summed E-state index contributed by atoms with van der Waals surface area (Å²) in [6.45, 7) is 5.50. The van der Waals surface area contributed by atoms with Gasteiger partial charge in [0.25, 0.3) is 23.6 Å². The lowest BCUT2D eigenvalue weighted by Crippen LogP contribution is -2.46. The Morgan fingerprint density at radius 3 is 2.22 bits per heavy atom. The Balaban J connectivity index is 0.729. The standard InChI is InChI=1S/C74H88ClN15O20/c1-45(2)66(83-72(101)108-34-32-105-28-24-88-43-53(84-85-88)40-79-71(100)107-33-31-106-29-25-89-62(94)18-19-63(89)95)59(93)36-49(8-6-20-77-70(76)99)68(97)80-52-14-10-47(11-15-52)44-109-73(102)86(4)21-22-87(23-27-104-30-26-91)74(103)110-60-38-58-65(64-46(3)7-5-9-55(60)64)51(39-75)42-90(58)69(98)56-35-50-37-61(78-41-57(50)81-56)82-67(96)48-12-16-54(92)17-13-48/h5,7,9-19,35,37-38,41,43,45,49,51,66,81,91-92H,6,8,20-34,36,39-40,42,44H2,1-4H3,(H,79,100)(H,80,97)(H,83,101)(H3,76,77,99)(H,78,82,96)/t49-,51-,66+/m1/s1. The minimum absolute atomic E-state index is 0.000930. The highest BCUT2D eigenvalue weighted by atomic mass is 35.5. The Morgan fingerprint density at radius 2 is 1.51 bits per heavy atom. The van der Waals surface area contributed by atoms with Crippen molar-refractivity contribution in [3.05, 3.63) is 143 Å². The summed E-state index contributed by atoms with van der Waals surface area (Å²) in [5, 5.41) is 42.2. The molecule has 0 radical (unpaired) electrons. The number of nitrogens with two attached hydrogens (primary N) is 1. The number of nitrogens with one attached hydrogen (secondary N) is 6. The number of hydrogen-bond donors (Lipinski definition) is 9. The van der Waals surface area contributed by atoms with E-state index >= 15 is 0 Å². The second-order valence-corrected chi connectivity index (χ2v) is 26.2. The summed E-state index contributed by atoms with van der Waals surface area (Å²) in [6, 6.07) is 20.8. The summed E-state index contributed by atoms with van der Waals surface area (Å²) in [6.07, 6.45) is 2.42. The number of aromatic amines is 1. The van der Waals surface area contributed by atoms with Crippen molar-refractivity contribution in [3.63, 3.8) is 0 Å². The molecule has 9 rings (SSSR count). The molecule has 586 valence electrons. The zero-order valence-corrected chi connectivity index (χ0v) is 61.8. The number of phenols is 1. The predicted octanol–water partition coefficient (Wildman–Crippen LogP) is 6.23. The van der Waals surface area contributed by atoms with Gasteiger partial charge in [-0.05, 0) is 96.3 Å². The molecule has 0 aliphatic carbocycles. The Labute approximate surface area is 636 Å². The number of alkyl carbamates (subject to hydrolysis) is 2. The van der Waals surface area contributed by atoms with Crippen molar-refractivity contribution in [2.75, 3.05) is 127 Å². The number of nitrogens with zero attached hydrogens (tertiary/aromatic N) is 8. The Kier molecular flexibility index (Phi) is 30.2. The topological polar surface area (TPSA) is 451 Å². The van der Waals surface area contributed by atoms with Gasteiger partial charge in [0.1, 0.15) is 48.5 Å². The summed E-state index contributed by atoms with van der Waals surface area (Å²) >= 11 is 6.67. The number of ketones is 1. The average molecular weight is 1540 g/mol. The largest absolute Gasteiger partial charge is 0.508 e. The number of halogens is 1. The SMILES string of the molecule is Cc1cccc2c(OC(=O)N(CCOCCO)CCN(C)C(=O)OCc3ccc(NC(=O)[C@H](CCCNC(N)=O)CC(=O)[C@@H](NC(=O)OCCOCCn4cc(CNC(=O)OCCOCCN5C(=O)C=CC5=O)nn4)C(C)C)cc3)cc3c(c12)[C@H](CCl)CN3C(=O)c1cc2cc(NC(=O)c3ccc(O)cc3)ncc2[nH]1. The molecule has 0 unspecified atom stereocenters. The number of amides is 11. The lowest BCUT2D eigenvalue weighted by Gasteiger charge is -2.26. The summed E-state index contributed by atoms with van der Waals surface area (Å²) < 4.78 is 40.2. The second kappa shape index (κ2) is 40.4. The van der Waals surface area contributed by atoms with Crippen LogP contribution in [-0.2, 0) is 67.3 Å². The van der Waals surface area contributed by atoms with Crippen LogP contribution < -0.4 is 42.0 Å². The zero-order valence-electron chi connectivity index (χ0n) is 61.0. The molecule has 2 aliphatic rings. The molecule has 110 heavy (non-hydrogen) atoms. The number of likely N-dealkylation sites (N-methyl/N-ethyl adjacent to an activating group) is 1. The van der Waals surface area contributed by atoms with Crippen molar-refractivity contribution in [3.8, 4) is 11.5 Å². The number of aromatic hydroxyl groups is 1. The number of fused-ring (bicyclic) bond motifs is 4. The van der Waals surface area contributed by atoms with Crippen LogP contribution in [0.2, 0.25) is 0 Å². The Bertz CT molecular complexity index is 4440. The van der Waals surface area contributed by atoms with E-state index in [1.807, 2.05) is 25.1 Å². The van der Waals surface area contributed by atoms with E-state index in [1.54, 1.807) is 67.4 Å². The average Bonchev–Trinajstić information content (AvgIpc) is 1.49. The van der Waals surface area contributed by atoms with E-state index in [-0.39, 0.29) is 172 Å². The van der Waals surface area contributed by atoms with Crippen LogP contribution in [0.25, 0.3) is 21.7 Å². The number of phenolic OH excluding ortho intramolecular Hbond substituents is 1. The highest BCUT2D eigenvalue weighted by Gasteiger charge is 2.37. The third kappa shape index (κ3) is 23.4. The van der Waals surface area contributed by atoms with Crippen molar-refractivity contribution in [2.24, 2.45) is 17.6 Å². The van der Waals surface area contributed by atoms with Gasteiger partial charge in [-0.2, -0.15) is 0 Å². The number of aryl methyl sites for hydroxylation is 1. The molecule has 0 bridgehead atoms. The van der Waals surface area contributed by atoms with Crippen molar-refractivity contribution in [1.82, 2.24) is 55.6 Å². The van der Waals surface area contributed by atoms with E-state index < -0.39 is 83.6 Å². The van der Waals surface area contributed by atoms with Gasteiger partial charge in [-0.15, -0.1) is 16.7 Å². The first kappa shape index (κ1) is 82.3. The fourth-order valence-corrected chi connectivity index (χ4v) is 12.2. The van der Waals surface area contributed by atoms with Gasteiger partial charge in [-0.1, -0.05) is 49.4 Å². The molecule has 35 nitrogen and oxygen atoms in total. The van der Waals surface area contributed by atoms with Crippen molar-refractivity contribution in [1.29, 1.82) is 0 Å². The molecule has 0 fully saturated rings. The fraction of sp³-hybridized carbons (Fsp3) is 0.405. The van der Waals surface area contributed by atoms with Gasteiger partial charge in [0, 0.05) is 104 Å². The number of urea groups is 1. The quantitative estimate of drug-likeness (QED) is 0.00889. The van der Waals surface area contributed by atoms with E-state index in [9.17, 15) is 63.0 Å². The first-order chi connectivity index (χ1) is 53.0. The third-order valence-electron chi connectivity index (χ3n) is 17.7. The highest BCUT2D eigenvalue weighted by Crippen LogP contribution is 2.47. The number of carbonyl (C=O) groups excluding carboxylic acids is 11. The maximum absolute atomic E-state index is 14.7. The first-order valence-corrected chi connectivity index (χ1v) is 35.9. The number of rotatable bonds is 40. The number of Topliss-reactive ketones (excluding diaryl/α,β-unsaturated/α-hetero) is 1. The number of hydrogen-bond acceptors (Lipinski definition) is 23. The van der Waals surface area contributed by atoms with Crippen molar-refractivity contribution in [2.45, 2.75) is 71.7 Å². The van der Waals surface area contributed by atoms with Crippen LogP contribution in [0.3, 0.4) is 0 Å². The van der Waals surface area contributed by atoms with E-state index in [2.05, 4.69) is 46.9 Å². The molecule has 7 aromatic rings. The van der Waals surface area contributed by atoms with Crippen LogP contribution >= 0.6 is 11.6 Å². The van der Waals surface area contributed by atoms with Gasteiger partial charge in [-0.25, -0.2) is 33.6 Å². The molecule has 0 spiro atoms. The summed E-state index contributed by atoms with van der Waals surface area (Å²) in [5.74, 6) is -3.79. The predicted molar refractivity (Wildman–Crippen MR) is 398 cm³/mol. The molecule has 36 heteroatoms. The number of alkyl halides is 1. The van der Waals surface area contributed by atoms with Gasteiger partial charge in [-0.3, -0.25) is 33.7 Å². The monoisotopic (exact) mass is 1540 g/mol. The maximum atomic E-state index is 14.7. The molecular formula is C74H88ClN15O20. The van der Waals surface area contributed by atoms with Crippen molar-refractivity contribution < 1.29 is 96.1 Å². The van der Waals surface area contributed by atoms with Crippen LogP contribution in [0.15, 0.2) is 109 Å². The van der Waals surface area contributed by atoms with Gasteiger partial charge in [0.05, 0.1) is 95.5 Å². The number of imide groups is 1. The van der Waals surface area contributed by atoms with E-state index in [1.165, 1.54) is 64.1 Å². The number of aliphatic hydroxyl groups excluding tert-OH is 1. The number of carbonyl (C=O) groups is 11. The number of pyridine rings is 1. The van der Waals surface area contributed by atoms with Crippen LogP contribution in [0.1, 0.15) is 82.3 Å². The first-order valence-electron chi connectivity index (χ1n) is 35.4. The highest BCUT2D eigenvalue weighted by molar-refractivity contribution is 6.20. The lowest BCUT2D eigenvalue weighted by atomic mass is 9.89. The number of aromatic nitrogens is 5. The Hall–Kier alpha value is -11.8. The minimum Gasteiger partial charge on any atom is -0.508 e. The third-order valence-corrected chi connectivity index (χ3v) is 18.0. The number of ether oxygens (including phenoxy) is 7.